The molecule has 2 aliphatic heterocycles. The summed E-state index contributed by atoms with van der Waals surface area (Å²) in [6, 6.07) is 0.717. The monoisotopic (exact) mass is 262 g/mol. The lowest BCUT2D eigenvalue weighted by atomic mass is 9.99. The molecule has 0 aromatic heterocycles. The minimum atomic E-state index is -2.47. The zero-order chi connectivity index (χ0) is 13.3. The topological polar surface area (TPSA) is 15.7 Å². The second-order valence-corrected chi connectivity index (χ2v) is 6.06. The third kappa shape index (κ3) is 3.39. The van der Waals surface area contributed by atoms with E-state index in [4.69, 9.17) is 4.74 Å². The minimum absolute atomic E-state index is 0.103. The number of hydrogen-bond acceptors (Lipinski definition) is 3. The van der Waals surface area contributed by atoms with Crippen LogP contribution in [-0.2, 0) is 4.74 Å². The molecule has 18 heavy (non-hydrogen) atoms. The highest BCUT2D eigenvalue weighted by Gasteiger charge is 2.45. The first kappa shape index (κ1) is 14.2. The van der Waals surface area contributed by atoms with Gasteiger partial charge >= 0.3 is 0 Å². The van der Waals surface area contributed by atoms with Gasteiger partial charge in [-0.05, 0) is 20.8 Å². The molecule has 0 spiro atoms. The lowest BCUT2D eigenvalue weighted by molar-refractivity contribution is -0.152. The predicted molar refractivity (Wildman–Crippen MR) is 67.0 cm³/mol. The van der Waals surface area contributed by atoms with Crippen LogP contribution < -0.4 is 0 Å². The largest absolute Gasteiger partial charge is 0.379 e. The molecule has 5 heteroatoms. The van der Waals surface area contributed by atoms with Crippen molar-refractivity contribution < 1.29 is 13.5 Å². The highest BCUT2D eigenvalue weighted by atomic mass is 19.3. The van der Waals surface area contributed by atoms with Crippen molar-refractivity contribution in [2.45, 2.75) is 38.8 Å². The molecule has 0 aromatic rings. The Bertz CT molecular complexity index is 272. The molecule has 3 nitrogen and oxygen atoms in total. The first-order valence-corrected chi connectivity index (χ1v) is 6.81. The Morgan fingerprint density at radius 3 is 2.28 bits per heavy atom. The number of nitrogens with zero attached hydrogens (tertiary/aromatic N) is 2. The molecule has 2 heterocycles. The van der Waals surface area contributed by atoms with Crippen LogP contribution in [0.1, 0.15) is 20.8 Å². The molecule has 2 fully saturated rings. The number of hydrogen-bond donors (Lipinski definition) is 0. The molecule has 0 N–H and O–H groups in total. The molecule has 2 rings (SSSR count). The fraction of sp³-hybridized carbons (Fsp3) is 1.00. The predicted octanol–water partition coefficient (Wildman–Crippen LogP) is 1.68. The standard InChI is InChI=1S/C13H24F2N2O/c1-10(2)16-4-12(5-16)7-18-6-11(3)17-8-13(14,15)9-17/h10-12H,4-9H2,1-3H3. The summed E-state index contributed by atoms with van der Waals surface area (Å²) in [7, 11) is 0. The second kappa shape index (κ2) is 5.39. The van der Waals surface area contributed by atoms with Crippen molar-refractivity contribution in [2.75, 3.05) is 39.4 Å². The van der Waals surface area contributed by atoms with Gasteiger partial charge in [0.2, 0.25) is 0 Å². The maximum atomic E-state index is 12.7. The van der Waals surface area contributed by atoms with E-state index in [2.05, 4.69) is 18.7 Å². The van der Waals surface area contributed by atoms with Crippen LogP contribution in [0.15, 0.2) is 0 Å². The summed E-state index contributed by atoms with van der Waals surface area (Å²) in [6.07, 6.45) is 0. The van der Waals surface area contributed by atoms with E-state index >= 15 is 0 Å². The molecule has 106 valence electrons. The van der Waals surface area contributed by atoms with E-state index < -0.39 is 5.92 Å². The van der Waals surface area contributed by atoms with Gasteiger partial charge in [-0.2, -0.15) is 0 Å². The van der Waals surface area contributed by atoms with Crippen LogP contribution in [0.4, 0.5) is 8.78 Å². The van der Waals surface area contributed by atoms with Crippen LogP contribution in [0.3, 0.4) is 0 Å². The summed E-state index contributed by atoms with van der Waals surface area (Å²) in [5, 5.41) is 0. The van der Waals surface area contributed by atoms with Crippen LogP contribution in [-0.4, -0.2) is 67.2 Å². The summed E-state index contributed by atoms with van der Waals surface area (Å²) >= 11 is 0. The second-order valence-electron chi connectivity index (χ2n) is 6.06. The molecule has 0 aromatic carbocycles. The first-order valence-electron chi connectivity index (χ1n) is 6.81. The van der Waals surface area contributed by atoms with Crippen molar-refractivity contribution in [2.24, 2.45) is 5.92 Å². The van der Waals surface area contributed by atoms with Gasteiger partial charge in [-0.3, -0.25) is 4.90 Å². The Kier molecular flexibility index (Phi) is 4.24. The minimum Gasteiger partial charge on any atom is -0.379 e. The Morgan fingerprint density at radius 2 is 1.78 bits per heavy atom. The summed E-state index contributed by atoms with van der Waals surface area (Å²) in [5.41, 5.74) is 0. The number of alkyl halides is 2. The highest BCUT2D eigenvalue weighted by molar-refractivity contribution is 4.90. The van der Waals surface area contributed by atoms with Crippen molar-refractivity contribution in [3.05, 3.63) is 0 Å². The van der Waals surface area contributed by atoms with Crippen LogP contribution in [0.2, 0.25) is 0 Å². The van der Waals surface area contributed by atoms with Gasteiger partial charge in [-0.15, -0.1) is 0 Å². The number of likely N-dealkylation sites (tertiary alicyclic amines) is 2. The van der Waals surface area contributed by atoms with Gasteiger partial charge in [-0.25, -0.2) is 8.78 Å². The number of rotatable bonds is 6. The van der Waals surface area contributed by atoms with Gasteiger partial charge in [0.15, 0.2) is 0 Å². The summed E-state index contributed by atoms with van der Waals surface area (Å²) in [6.45, 7) is 9.67. The van der Waals surface area contributed by atoms with Crippen molar-refractivity contribution >= 4 is 0 Å². The maximum absolute atomic E-state index is 12.7. The molecular weight excluding hydrogens is 238 g/mol. The van der Waals surface area contributed by atoms with Gasteiger partial charge in [0.1, 0.15) is 0 Å². The molecule has 1 unspecified atom stereocenters. The molecule has 0 amide bonds. The van der Waals surface area contributed by atoms with E-state index in [0.29, 0.717) is 18.6 Å². The quantitative estimate of drug-likeness (QED) is 0.724. The van der Waals surface area contributed by atoms with E-state index in [9.17, 15) is 8.78 Å². The molecule has 0 bridgehead atoms. The molecule has 1 atom stereocenters. The Morgan fingerprint density at radius 1 is 1.17 bits per heavy atom. The maximum Gasteiger partial charge on any atom is 0.272 e. The third-order valence-electron chi connectivity index (χ3n) is 3.92. The fourth-order valence-corrected chi connectivity index (χ4v) is 2.51. The number of ether oxygens (including phenoxy) is 1. The van der Waals surface area contributed by atoms with Crippen LogP contribution in [0.25, 0.3) is 0 Å². The van der Waals surface area contributed by atoms with Crippen molar-refractivity contribution in [3.63, 3.8) is 0 Å². The fourth-order valence-electron chi connectivity index (χ4n) is 2.51. The van der Waals surface area contributed by atoms with E-state index in [0.717, 1.165) is 19.7 Å². The molecule has 0 radical (unpaired) electrons. The van der Waals surface area contributed by atoms with Crippen molar-refractivity contribution in [1.82, 2.24) is 9.80 Å². The van der Waals surface area contributed by atoms with Crippen molar-refractivity contribution in [3.8, 4) is 0 Å². The van der Waals surface area contributed by atoms with Crippen LogP contribution >= 0.6 is 0 Å². The van der Waals surface area contributed by atoms with Gasteiger partial charge in [-0.1, -0.05) is 0 Å². The SMILES string of the molecule is CC(C)N1CC(COCC(C)N2CC(F)(F)C2)C1. The highest BCUT2D eigenvalue weighted by Crippen LogP contribution is 2.28. The molecule has 2 aliphatic rings. The average molecular weight is 262 g/mol. The Hall–Kier alpha value is -0.260. The van der Waals surface area contributed by atoms with Gasteiger partial charge < -0.3 is 9.64 Å². The van der Waals surface area contributed by atoms with Crippen molar-refractivity contribution in [1.29, 1.82) is 0 Å². The van der Waals surface area contributed by atoms with Crippen LogP contribution in [0.5, 0.6) is 0 Å². The molecule has 0 aliphatic carbocycles. The summed E-state index contributed by atoms with van der Waals surface area (Å²) in [5.74, 6) is -1.85. The van der Waals surface area contributed by atoms with Gasteiger partial charge in [0.05, 0.1) is 26.3 Å². The molecular formula is C13H24F2N2O. The van der Waals surface area contributed by atoms with Gasteiger partial charge in [0.25, 0.3) is 5.92 Å². The lowest BCUT2D eigenvalue weighted by Crippen LogP contribution is -2.60. The first-order chi connectivity index (χ1) is 8.37. The van der Waals surface area contributed by atoms with Gasteiger partial charge in [0, 0.05) is 31.1 Å². The van der Waals surface area contributed by atoms with E-state index in [1.54, 1.807) is 4.90 Å². The average Bonchev–Trinajstić information content (AvgIpc) is 2.16. The zero-order valence-electron chi connectivity index (χ0n) is 11.5. The normalized spacial score (nSPS) is 27.0. The zero-order valence-corrected chi connectivity index (χ0v) is 11.5. The Balaban J connectivity index is 1.52. The molecule has 2 saturated heterocycles. The number of halogens is 2. The van der Waals surface area contributed by atoms with E-state index in [-0.39, 0.29) is 19.1 Å². The summed E-state index contributed by atoms with van der Waals surface area (Å²) < 4.78 is 31.0. The van der Waals surface area contributed by atoms with E-state index in [1.807, 2.05) is 6.92 Å². The van der Waals surface area contributed by atoms with E-state index in [1.165, 1.54) is 0 Å². The third-order valence-corrected chi connectivity index (χ3v) is 3.92. The lowest BCUT2D eigenvalue weighted by Gasteiger charge is -2.44. The smallest absolute Gasteiger partial charge is 0.272 e. The molecule has 0 saturated carbocycles. The van der Waals surface area contributed by atoms with Crippen LogP contribution in [0, 0.1) is 5.92 Å². The Labute approximate surface area is 108 Å². The summed E-state index contributed by atoms with van der Waals surface area (Å²) in [4.78, 5) is 4.19.